The Hall–Kier alpha value is -2.81. The number of nitrogens with one attached hydrogen (secondary N) is 1. The molecule has 7 nitrogen and oxygen atoms in total. The minimum atomic E-state index is -3.85. The molecule has 198 valence electrons. The normalized spacial score (nSPS) is 12.2. The molecule has 0 radical (unpaired) electrons. The van der Waals surface area contributed by atoms with Crippen molar-refractivity contribution < 1.29 is 18.0 Å². The van der Waals surface area contributed by atoms with E-state index >= 15 is 0 Å². The molecule has 0 aliphatic heterocycles. The lowest BCUT2D eigenvalue weighted by atomic mass is 10.1. The fourth-order valence-corrected chi connectivity index (χ4v) is 5.47. The Bertz CT molecular complexity index is 1380. The number of sulfonamides is 1. The lowest BCUT2D eigenvalue weighted by Gasteiger charge is -2.33. The van der Waals surface area contributed by atoms with Crippen LogP contribution in [0.3, 0.4) is 0 Å². The second-order valence-corrected chi connectivity index (χ2v) is 11.5. The van der Waals surface area contributed by atoms with Crippen LogP contribution in [0.5, 0.6) is 0 Å². The van der Waals surface area contributed by atoms with Crippen molar-refractivity contribution in [1.82, 2.24) is 10.2 Å². The van der Waals surface area contributed by atoms with Gasteiger partial charge >= 0.3 is 0 Å². The van der Waals surface area contributed by atoms with Crippen LogP contribution in [0, 0.1) is 0 Å². The monoisotopic (exact) mass is 563 g/mol. The van der Waals surface area contributed by atoms with E-state index in [0.29, 0.717) is 39.6 Å². The van der Waals surface area contributed by atoms with Crippen LogP contribution in [0.25, 0.3) is 10.8 Å². The molecular formula is C27H31Cl2N3O4S. The molecule has 3 rings (SSSR count). The number of fused-ring (bicyclic) bond motifs is 1. The molecular weight excluding hydrogens is 533 g/mol. The zero-order chi connectivity index (χ0) is 27.2. The Morgan fingerprint density at radius 2 is 1.70 bits per heavy atom. The summed E-state index contributed by atoms with van der Waals surface area (Å²) in [7, 11) is -3.85. The molecule has 0 bridgehead atoms. The molecule has 1 unspecified atom stereocenters. The predicted molar refractivity (Wildman–Crippen MR) is 151 cm³/mol. The average molecular weight is 565 g/mol. The summed E-state index contributed by atoms with van der Waals surface area (Å²) in [5.74, 6) is -0.832. The second-order valence-electron chi connectivity index (χ2n) is 8.74. The zero-order valence-electron chi connectivity index (χ0n) is 21.1. The van der Waals surface area contributed by atoms with E-state index in [1.807, 2.05) is 37.3 Å². The first-order chi connectivity index (χ1) is 17.6. The Kier molecular flexibility index (Phi) is 9.81. The number of nitrogens with zero attached hydrogens (tertiary/aromatic N) is 2. The van der Waals surface area contributed by atoms with Crippen molar-refractivity contribution in [3.63, 3.8) is 0 Å². The molecule has 0 aliphatic carbocycles. The van der Waals surface area contributed by atoms with Crippen molar-refractivity contribution in [3.8, 4) is 0 Å². The molecule has 0 aliphatic rings. The van der Waals surface area contributed by atoms with Gasteiger partial charge < -0.3 is 10.2 Å². The summed E-state index contributed by atoms with van der Waals surface area (Å²) in [5, 5.41) is 5.18. The van der Waals surface area contributed by atoms with Crippen LogP contribution in [0.2, 0.25) is 10.0 Å². The highest BCUT2D eigenvalue weighted by Gasteiger charge is 2.32. The highest BCUT2D eigenvalue weighted by atomic mass is 35.5. The summed E-state index contributed by atoms with van der Waals surface area (Å²) in [6.07, 6.45) is 2.13. The molecule has 0 spiro atoms. The standard InChI is InChI=1S/C27H31Cl2N3O4S/c1-4-15-30-27(34)24(5-2)31(17-20-13-14-21(28)16-23(20)29)26(33)18-32(37(3,35)36)25-12-8-10-19-9-6-7-11-22(19)25/h6-14,16,24H,4-5,15,17-18H2,1-3H3,(H,30,34). The second kappa shape index (κ2) is 12.6. The lowest BCUT2D eigenvalue weighted by molar-refractivity contribution is -0.140. The molecule has 3 aromatic rings. The molecule has 1 atom stereocenters. The van der Waals surface area contributed by atoms with Crippen molar-refractivity contribution in [2.24, 2.45) is 0 Å². The summed E-state index contributed by atoms with van der Waals surface area (Å²) >= 11 is 12.4. The fraction of sp³-hybridized carbons (Fsp3) is 0.333. The minimum Gasteiger partial charge on any atom is -0.354 e. The minimum absolute atomic E-state index is 0.0139. The van der Waals surface area contributed by atoms with E-state index < -0.39 is 28.5 Å². The van der Waals surface area contributed by atoms with E-state index in [2.05, 4.69) is 5.32 Å². The first kappa shape index (κ1) is 28.8. The van der Waals surface area contributed by atoms with Gasteiger partial charge in [-0.05, 0) is 42.0 Å². The summed E-state index contributed by atoms with van der Waals surface area (Å²) in [4.78, 5) is 28.3. The Morgan fingerprint density at radius 3 is 2.35 bits per heavy atom. The maximum atomic E-state index is 13.8. The predicted octanol–water partition coefficient (Wildman–Crippen LogP) is 5.25. The largest absolute Gasteiger partial charge is 0.354 e. The van der Waals surface area contributed by atoms with Gasteiger partial charge in [0.15, 0.2) is 0 Å². The number of carbonyl (C=O) groups excluding carboxylic acids is 2. The number of amides is 2. The van der Waals surface area contributed by atoms with Crippen LogP contribution in [0.15, 0.2) is 60.7 Å². The van der Waals surface area contributed by atoms with Crippen LogP contribution in [-0.2, 0) is 26.2 Å². The van der Waals surface area contributed by atoms with Crippen LogP contribution in [0.4, 0.5) is 5.69 Å². The van der Waals surface area contributed by atoms with E-state index in [4.69, 9.17) is 23.2 Å². The summed E-state index contributed by atoms with van der Waals surface area (Å²) < 4.78 is 27.0. The van der Waals surface area contributed by atoms with Crippen LogP contribution in [0.1, 0.15) is 32.3 Å². The van der Waals surface area contributed by atoms with E-state index in [0.717, 1.165) is 22.4 Å². The molecule has 10 heteroatoms. The quantitative estimate of drug-likeness (QED) is 0.345. The van der Waals surface area contributed by atoms with Gasteiger partial charge in [0.25, 0.3) is 0 Å². The number of halogens is 2. The Morgan fingerprint density at radius 1 is 1.00 bits per heavy atom. The van der Waals surface area contributed by atoms with Gasteiger partial charge in [-0.3, -0.25) is 13.9 Å². The Balaban J connectivity index is 2.04. The molecule has 37 heavy (non-hydrogen) atoms. The Labute approximate surface area is 228 Å². The topological polar surface area (TPSA) is 86.8 Å². The van der Waals surface area contributed by atoms with Gasteiger partial charge in [-0.25, -0.2) is 8.42 Å². The van der Waals surface area contributed by atoms with Crippen LogP contribution in [-0.4, -0.2) is 50.5 Å². The van der Waals surface area contributed by atoms with Crippen molar-refractivity contribution in [2.45, 2.75) is 39.3 Å². The molecule has 0 saturated carbocycles. The number of rotatable bonds is 11. The van der Waals surface area contributed by atoms with Gasteiger partial charge in [0, 0.05) is 28.5 Å². The first-order valence-electron chi connectivity index (χ1n) is 12.0. The maximum absolute atomic E-state index is 13.8. The van der Waals surface area contributed by atoms with Gasteiger partial charge in [-0.15, -0.1) is 0 Å². The van der Waals surface area contributed by atoms with Gasteiger partial charge in [-0.2, -0.15) is 0 Å². The van der Waals surface area contributed by atoms with Crippen molar-refractivity contribution in [1.29, 1.82) is 0 Å². The summed E-state index contributed by atoms with van der Waals surface area (Å²) in [6, 6.07) is 16.8. The molecule has 0 fully saturated rings. The van der Waals surface area contributed by atoms with E-state index in [9.17, 15) is 18.0 Å². The van der Waals surface area contributed by atoms with Crippen molar-refractivity contribution >= 4 is 61.5 Å². The smallest absolute Gasteiger partial charge is 0.244 e. The zero-order valence-corrected chi connectivity index (χ0v) is 23.4. The van der Waals surface area contributed by atoms with Gasteiger partial charge in [0.1, 0.15) is 12.6 Å². The van der Waals surface area contributed by atoms with E-state index in [1.165, 1.54) is 4.90 Å². The average Bonchev–Trinajstić information content (AvgIpc) is 2.86. The number of benzene rings is 3. The van der Waals surface area contributed by atoms with E-state index in [1.54, 1.807) is 37.3 Å². The third-order valence-corrected chi connectivity index (χ3v) is 7.72. The number of anilines is 1. The highest BCUT2D eigenvalue weighted by Crippen LogP contribution is 2.29. The van der Waals surface area contributed by atoms with Crippen molar-refractivity contribution in [2.75, 3.05) is 23.7 Å². The SMILES string of the molecule is CCCNC(=O)C(CC)N(Cc1ccc(Cl)cc1Cl)C(=O)CN(c1cccc2ccccc12)S(C)(=O)=O. The third kappa shape index (κ3) is 7.15. The van der Waals surface area contributed by atoms with Crippen molar-refractivity contribution in [3.05, 3.63) is 76.3 Å². The molecule has 3 aromatic carbocycles. The van der Waals surface area contributed by atoms with Crippen LogP contribution < -0.4 is 9.62 Å². The number of hydrogen-bond donors (Lipinski definition) is 1. The molecule has 0 aromatic heterocycles. The number of hydrogen-bond acceptors (Lipinski definition) is 4. The summed E-state index contributed by atoms with van der Waals surface area (Å²) in [6.45, 7) is 3.74. The fourth-order valence-electron chi connectivity index (χ4n) is 4.14. The molecule has 0 heterocycles. The lowest BCUT2D eigenvalue weighted by Crippen LogP contribution is -2.52. The highest BCUT2D eigenvalue weighted by molar-refractivity contribution is 7.92. The third-order valence-electron chi connectivity index (χ3n) is 6.01. The first-order valence-corrected chi connectivity index (χ1v) is 14.6. The van der Waals surface area contributed by atoms with Gasteiger partial charge in [-0.1, -0.05) is 79.5 Å². The maximum Gasteiger partial charge on any atom is 0.244 e. The molecule has 0 saturated heterocycles. The number of carbonyl (C=O) groups is 2. The van der Waals surface area contributed by atoms with Gasteiger partial charge in [0.2, 0.25) is 21.8 Å². The van der Waals surface area contributed by atoms with Crippen LogP contribution >= 0.6 is 23.2 Å². The molecule has 2 amide bonds. The summed E-state index contributed by atoms with van der Waals surface area (Å²) in [5.41, 5.74) is 0.985. The van der Waals surface area contributed by atoms with E-state index in [-0.39, 0.29) is 12.5 Å². The molecule has 1 N–H and O–H groups in total. The van der Waals surface area contributed by atoms with Gasteiger partial charge in [0.05, 0.1) is 11.9 Å².